The number of ether oxygens (including phenoxy) is 1. The Labute approximate surface area is 144 Å². The maximum absolute atomic E-state index is 12.4. The number of methoxy groups -OCH3 is 1. The van der Waals surface area contributed by atoms with Gasteiger partial charge in [-0.1, -0.05) is 26.0 Å². The highest BCUT2D eigenvalue weighted by atomic mass is 16.5. The van der Waals surface area contributed by atoms with Gasteiger partial charge in [-0.25, -0.2) is 0 Å². The number of carbonyl (C=O) groups excluding carboxylic acids is 2. The molecule has 5 nitrogen and oxygen atoms in total. The summed E-state index contributed by atoms with van der Waals surface area (Å²) >= 11 is 0. The molecule has 1 aromatic rings. The third-order valence-electron chi connectivity index (χ3n) is 4.32. The number of hydrogen-bond donors (Lipinski definition) is 1. The quantitative estimate of drug-likeness (QED) is 0.870. The highest BCUT2D eigenvalue weighted by Gasteiger charge is 2.23. The molecule has 0 saturated carbocycles. The summed E-state index contributed by atoms with van der Waals surface area (Å²) in [5, 5.41) is 3.08. The van der Waals surface area contributed by atoms with Crippen LogP contribution in [0.2, 0.25) is 0 Å². The van der Waals surface area contributed by atoms with E-state index in [1.54, 1.807) is 7.11 Å². The number of nitrogens with one attached hydrogen (secondary N) is 1. The van der Waals surface area contributed by atoms with Crippen LogP contribution in [-0.4, -0.2) is 43.0 Å². The Balaban J connectivity index is 1.76. The fourth-order valence-electron chi connectivity index (χ4n) is 2.96. The molecule has 2 rings (SSSR count). The van der Waals surface area contributed by atoms with Gasteiger partial charge in [-0.3, -0.25) is 9.59 Å². The normalized spacial score (nSPS) is 15.4. The number of amides is 2. The third kappa shape index (κ3) is 5.55. The van der Waals surface area contributed by atoms with E-state index in [4.69, 9.17) is 4.74 Å². The summed E-state index contributed by atoms with van der Waals surface area (Å²) in [6.45, 7) is 5.50. The minimum absolute atomic E-state index is 0.119. The molecule has 0 bridgehead atoms. The average Bonchev–Trinajstić information content (AvgIpc) is 2.55. The zero-order valence-electron chi connectivity index (χ0n) is 14.9. The Bertz CT molecular complexity index is 546. The van der Waals surface area contributed by atoms with Gasteiger partial charge >= 0.3 is 0 Å². The molecule has 0 aliphatic carbocycles. The lowest BCUT2D eigenvalue weighted by molar-refractivity contribution is -0.131. The van der Waals surface area contributed by atoms with Crippen molar-refractivity contribution in [2.75, 3.05) is 20.2 Å². The fourth-order valence-corrected chi connectivity index (χ4v) is 2.96. The van der Waals surface area contributed by atoms with Gasteiger partial charge in [0, 0.05) is 25.6 Å². The van der Waals surface area contributed by atoms with E-state index in [9.17, 15) is 9.59 Å². The van der Waals surface area contributed by atoms with Crippen LogP contribution in [0.1, 0.15) is 38.7 Å². The molecular weight excluding hydrogens is 304 g/mol. The molecule has 0 unspecified atom stereocenters. The van der Waals surface area contributed by atoms with Crippen LogP contribution in [0.3, 0.4) is 0 Å². The number of hydrogen-bond acceptors (Lipinski definition) is 3. The molecule has 1 saturated heterocycles. The van der Waals surface area contributed by atoms with E-state index >= 15 is 0 Å². The first-order valence-electron chi connectivity index (χ1n) is 8.68. The van der Waals surface area contributed by atoms with E-state index < -0.39 is 0 Å². The van der Waals surface area contributed by atoms with Gasteiger partial charge in [0.25, 0.3) is 0 Å². The van der Waals surface area contributed by atoms with Crippen molar-refractivity contribution in [1.82, 2.24) is 10.2 Å². The molecule has 0 radical (unpaired) electrons. The highest BCUT2D eigenvalue weighted by Crippen LogP contribution is 2.15. The van der Waals surface area contributed by atoms with Crippen LogP contribution in [0.15, 0.2) is 24.3 Å². The van der Waals surface area contributed by atoms with Crippen molar-refractivity contribution in [2.24, 2.45) is 5.92 Å². The first-order chi connectivity index (χ1) is 11.5. The predicted octanol–water partition coefficient (Wildman–Crippen LogP) is 2.39. The summed E-state index contributed by atoms with van der Waals surface area (Å²) in [4.78, 5) is 26.1. The molecule has 0 spiro atoms. The van der Waals surface area contributed by atoms with E-state index in [2.05, 4.69) is 5.32 Å². The van der Waals surface area contributed by atoms with Gasteiger partial charge < -0.3 is 15.0 Å². The molecular formula is C19H28N2O3. The molecule has 2 amide bonds. The van der Waals surface area contributed by atoms with Gasteiger partial charge in [-0.15, -0.1) is 0 Å². The molecule has 1 aliphatic rings. The molecule has 0 atom stereocenters. The summed E-state index contributed by atoms with van der Waals surface area (Å²) in [5.41, 5.74) is 0.994. The summed E-state index contributed by atoms with van der Waals surface area (Å²) in [6.07, 6.45) is 2.64. The van der Waals surface area contributed by atoms with Crippen molar-refractivity contribution >= 4 is 11.8 Å². The van der Waals surface area contributed by atoms with Gasteiger partial charge in [0.2, 0.25) is 11.8 Å². The first kappa shape index (κ1) is 18.3. The minimum Gasteiger partial charge on any atom is -0.497 e. The van der Waals surface area contributed by atoms with Gasteiger partial charge in [-0.05, 0) is 36.5 Å². The fraction of sp³-hybridized carbons (Fsp3) is 0.579. The standard InChI is InChI=1S/C19H28N2O3/c1-14(2)12-18(22)20-16-8-10-21(11-9-16)19(23)13-15-4-6-17(24-3)7-5-15/h4-7,14,16H,8-13H2,1-3H3,(H,20,22). The van der Waals surface area contributed by atoms with Crippen LogP contribution >= 0.6 is 0 Å². The molecule has 1 N–H and O–H groups in total. The van der Waals surface area contributed by atoms with Crippen molar-refractivity contribution in [3.8, 4) is 5.75 Å². The highest BCUT2D eigenvalue weighted by molar-refractivity contribution is 5.79. The summed E-state index contributed by atoms with van der Waals surface area (Å²) in [7, 11) is 1.63. The summed E-state index contributed by atoms with van der Waals surface area (Å²) in [6, 6.07) is 7.80. The third-order valence-corrected chi connectivity index (χ3v) is 4.32. The van der Waals surface area contributed by atoms with Crippen molar-refractivity contribution in [1.29, 1.82) is 0 Å². The number of rotatable bonds is 6. The maximum atomic E-state index is 12.4. The number of likely N-dealkylation sites (tertiary alicyclic amines) is 1. The van der Waals surface area contributed by atoms with Crippen molar-refractivity contribution in [2.45, 2.75) is 45.6 Å². The lowest BCUT2D eigenvalue weighted by Gasteiger charge is -2.32. The lowest BCUT2D eigenvalue weighted by atomic mass is 10.0. The van der Waals surface area contributed by atoms with Crippen LogP contribution in [0.5, 0.6) is 5.75 Å². The number of carbonyl (C=O) groups is 2. The van der Waals surface area contributed by atoms with Gasteiger partial charge in [0.05, 0.1) is 13.5 Å². The van der Waals surface area contributed by atoms with E-state index in [0.29, 0.717) is 31.8 Å². The van der Waals surface area contributed by atoms with Gasteiger partial charge in [-0.2, -0.15) is 0 Å². The van der Waals surface area contributed by atoms with Crippen molar-refractivity contribution < 1.29 is 14.3 Å². The second-order valence-corrected chi connectivity index (χ2v) is 6.85. The van der Waals surface area contributed by atoms with Crippen LogP contribution in [0, 0.1) is 5.92 Å². The van der Waals surface area contributed by atoms with Crippen LogP contribution in [0.4, 0.5) is 0 Å². The number of nitrogens with zero attached hydrogens (tertiary/aromatic N) is 1. The summed E-state index contributed by atoms with van der Waals surface area (Å²) < 4.78 is 5.13. The average molecular weight is 332 g/mol. The lowest BCUT2D eigenvalue weighted by Crippen LogP contribution is -2.47. The molecule has 132 valence electrons. The Hall–Kier alpha value is -2.04. The van der Waals surface area contributed by atoms with Gasteiger partial charge in [0.1, 0.15) is 5.75 Å². The van der Waals surface area contributed by atoms with E-state index in [1.807, 2.05) is 43.0 Å². The molecule has 5 heteroatoms. The molecule has 1 fully saturated rings. The zero-order valence-corrected chi connectivity index (χ0v) is 14.9. The molecule has 1 heterocycles. The van der Waals surface area contributed by atoms with E-state index in [-0.39, 0.29) is 17.9 Å². The largest absolute Gasteiger partial charge is 0.497 e. The van der Waals surface area contributed by atoms with Crippen LogP contribution in [-0.2, 0) is 16.0 Å². The molecule has 1 aliphatic heterocycles. The van der Waals surface area contributed by atoms with Gasteiger partial charge in [0.15, 0.2) is 0 Å². The monoisotopic (exact) mass is 332 g/mol. The Morgan fingerprint density at radius 3 is 2.38 bits per heavy atom. The van der Waals surface area contributed by atoms with Crippen molar-refractivity contribution in [3.63, 3.8) is 0 Å². The zero-order chi connectivity index (χ0) is 17.5. The molecule has 1 aromatic carbocycles. The van der Waals surface area contributed by atoms with E-state index in [0.717, 1.165) is 24.2 Å². The Morgan fingerprint density at radius 1 is 1.21 bits per heavy atom. The molecule has 0 aromatic heterocycles. The second kappa shape index (κ2) is 8.71. The van der Waals surface area contributed by atoms with Crippen LogP contribution in [0.25, 0.3) is 0 Å². The maximum Gasteiger partial charge on any atom is 0.226 e. The smallest absolute Gasteiger partial charge is 0.226 e. The Morgan fingerprint density at radius 2 is 1.83 bits per heavy atom. The molecule has 24 heavy (non-hydrogen) atoms. The number of piperidine rings is 1. The van der Waals surface area contributed by atoms with E-state index in [1.165, 1.54) is 0 Å². The SMILES string of the molecule is COc1ccc(CC(=O)N2CCC(NC(=O)CC(C)C)CC2)cc1. The Kier molecular flexibility index (Phi) is 6.64. The second-order valence-electron chi connectivity index (χ2n) is 6.85. The number of benzene rings is 1. The predicted molar refractivity (Wildman–Crippen MR) is 93.9 cm³/mol. The first-order valence-corrected chi connectivity index (χ1v) is 8.68. The summed E-state index contributed by atoms with van der Waals surface area (Å²) in [5.74, 6) is 1.43. The van der Waals surface area contributed by atoms with Crippen LogP contribution < -0.4 is 10.1 Å². The van der Waals surface area contributed by atoms with Crippen molar-refractivity contribution in [3.05, 3.63) is 29.8 Å². The minimum atomic E-state index is 0.119. The topological polar surface area (TPSA) is 58.6 Å².